The quantitative estimate of drug-likeness (QED) is 0.650. The van der Waals surface area contributed by atoms with Crippen LogP contribution in [0, 0.1) is 0 Å². The Hall–Kier alpha value is -1.38. The number of nitrogens with zero attached hydrogens (tertiary/aromatic N) is 1. The largest absolute Gasteiger partial charge is 0.352 e. The van der Waals surface area contributed by atoms with Crippen LogP contribution in [0.15, 0.2) is 24.5 Å². The molecule has 0 aromatic carbocycles. The Kier molecular flexibility index (Phi) is 2.60. The van der Waals surface area contributed by atoms with Crippen LogP contribution in [0.3, 0.4) is 0 Å². The summed E-state index contributed by atoms with van der Waals surface area (Å²) in [6, 6.07) is 3.82. The topological polar surface area (TPSA) is 42.0 Å². The van der Waals surface area contributed by atoms with Gasteiger partial charge >= 0.3 is 0 Å². The highest BCUT2D eigenvalue weighted by Crippen LogP contribution is 2.08. The van der Waals surface area contributed by atoms with E-state index in [9.17, 15) is 4.79 Å². The Morgan fingerprint density at radius 2 is 2.18 bits per heavy atom. The zero-order valence-electron chi connectivity index (χ0n) is 6.32. The van der Waals surface area contributed by atoms with Gasteiger partial charge in [-0.25, -0.2) is 0 Å². The standard InChI is InChI=1S/C8H10N2O/c1-7(10-6-11)8-2-4-9-5-3-8/h2-7H,1H3,(H,10,11)/t7-/m1/s1. The fraction of sp³-hybridized carbons (Fsp3) is 0.250. The molecule has 3 nitrogen and oxygen atoms in total. The van der Waals surface area contributed by atoms with Crippen LogP contribution in [0.5, 0.6) is 0 Å². The molecule has 0 spiro atoms. The minimum Gasteiger partial charge on any atom is -0.352 e. The third-order valence-electron chi connectivity index (χ3n) is 1.52. The van der Waals surface area contributed by atoms with Gasteiger partial charge in [-0.2, -0.15) is 0 Å². The van der Waals surface area contributed by atoms with Gasteiger partial charge in [0.15, 0.2) is 0 Å². The first-order valence-electron chi connectivity index (χ1n) is 3.44. The van der Waals surface area contributed by atoms with E-state index < -0.39 is 0 Å². The number of hydrogen-bond donors (Lipinski definition) is 1. The van der Waals surface area contributed by atoms with Crippen molar-refractivity contribution in [2.45, 2.75) is 13.0 Å². The first-order chi connectivity index (χ1) is 5.34. The lowest BCUT2D eigenvalue weighted by molar-refractivity contribution is -0.110. The molecule has 0 radical (unpaired) electrons. The Morgan fingerprint density at radius 3 is 2.73 bits per heavy atom. The zero-order chi connectivity index (χ0) is 8.10. The second kappa shape index (κ2) is 3.71. The summed E-state index contributed by atoms with van der Waals surface area (Å²) in [6.07, 6.45) is 4.11. The summed E-state index contributed by atoms with van der Waals surface area (Å²) >= 11 is 0. The number of rotatable bonds is 3. The van der Waals surface area contributed by atoms with Crippen molar-refractivity contribution in [1.29, 1.82) is 0 Å². The van der Waals surface area contributed by atoms with Gasteiger partial charge in [0.05, 0.1) is 6.04 Å². The van der Waals surface area contributed by atoms with E-state index in [1.807, 2.05) is 19.1 Å². The van der Waals surface area contributed by atoms with Gasteiger partial charge < -0.3 is 5.32 Å². The number of amides is 1. The molecule has 1 atom stereocenters. The molecule has 1 amide bonds. The van der Waals surface area contributed by atoms with Crippen molar-refractivity contribution in [3.8, 4) is 0 Å². The summed E-state index contributed by atoms with van der Waals surface area (Å²) in [6.45, 7) is 1.92. The molecule has 0 fully saturated rings. The van der Waals surface area contributed by atoms with Gasteiger partial charge in [0.1, 0.15) is 0 Å². The lowest BCUT2D eigenvalue weighted by Crippen LogP contribution is -2.15. The molecule has 0 bridgehead atoms. The van der Waals surface area contributed by atoms with Crippen LogP contribution < -0.4 is 5.32 Å². The second-order valence-electron chi connectivity index (χ2n) is 2.29. The van der Waals surface area contributed by atoms with Crippen molar-refractivity contribution < 1.29 is 4.79 Å². The number of carbonyl (C=O) groups is 1. The lowest BCUT2D eigenvalue weighted by atomic mass is 10.1. The second-order valence-corrected chi connectivity index (χ2v) is 2.29. The van der Waals surface area contributed by atoms with E-state index in [1.54, 1.807) is 12.4 Å². The smallest absolute Gasteiger partial charge is 0.207 e. The van der Waals surface area contributed by atoms with E-state index in [0.717, 1.165) is 5.56 Å². The van der Waals surface area contributed by atoms with Crippen LogP contribution in [0.1, 0.15) is 18.5 Å². The van der Waals surface area contributed by atoms with Crippen LogP contribution in [0.4, 0.5) is 0 Å². The van der Waals surface area contributed by atoms with E-state index in [0.29, 0.717) is 6.41 Å². The summed E-state index contributed by atoms with van der Waals surface area (Å²) in [5, 5.41) is 2.65. The maximum atomic E-state index is 10.1. The normalized spacial score (nSPS) is 12.1. The monoisotopic (exact) mass is 150 g/mol. The third kappa shape index (κ3) is 2.04. The molecule has 0 saturated heterocycles. The number of carbonyl (C=O) groups excluding carboxylic acids is 1. The average Bonchev–Trinajstić information content (AvgIpc) is 2.07. The molecule has 3 heteroatoms. The summed E-state index contributed by atoms with van der Waals surface area (Å²) in [7, 11) is 0. The van der Waals surface area contributed by atoms with Gasteiger partial charge in [-0.05, 0) is 24.6 Å². The Morgan fingerprint density at radius 1 is 1.55 bits per heavy atom. The van der Waals surface area contributed by atoms with Crippen LogP contribution in [0.25, 0.3) is 0 Å². The van der Waals surface area contributed by atoms with Crippen molar-refractivity contribution in [3.63, 3.8) is 0 Å². The van der Waals surface area contributed by atoms with Gasteiger partial charge in [-0.3, -0.25) is 9.78 Å². The van der Waals surface area contributed by atoms with Crippen molar-refractivity contribution in [2.24, 2.45) is 0 Å². The van der Waals surface area contributed by atoms with Gasteiger partial charge in [0, 0.05) is 12.4 Å². The Labute approximate surface area is 65.5 Å². The minimum absolute atomic E-state index is 0.0653. The molecular weight excluding hydrogens is 140 g/mol. The van der Waals surface area contributed by atoms with Gasteiger partial charge in [0.2, 0.25) is 6.41 Å². The van der Waals surface area contributed by atoms with Gasteiger partial charge in [-0.1, -0.05) is 0 Å². The molecular formula is C8H10N2O. The highest BCUT2D eigenvalue weighted by molar-refractivity contribution is 5.47. The van der Waals surface area contributed by atoms with E-state index in [4.69, 9.17) is 0 Å². The maximum Gasteiger partial charge on any atom is 0.207 e. The molecule has 0 aliphatic carbocycles. The highest BCUT2D eigenvalue weighted by Gasteiger charge is 2.00. The van der Waals surface area contributed by atoms with Crippen molar-refractivity contribution in [2.75, 3.05) is 0 Å². The fourth-order valence-electron chi connectivity index (χ4n) is 0.850. The zero-order valence-corrected chi connectivity index (χ0v) is 6.32. The van der Waals surface area contributed by atoms with Crippen molar-refractivity contribution in [3.05, 3.63) is 30.1 Å². The molecule has 0 unspecified atom stereocenters. The third-order valence-corrected chi connectivity index (χ3v) is 1.52. The van der Waals surface area contributed by atoms with Crippen molar-refractivity contribution >= 4 is 6.41 Å². The van der Waals surface area contributed by atoms with Crippen molar-refractivity contribution in [1.82, 2.24) is 10.3 Å². The average molecular weight is 150 g/mol. The molecule has 1 rings (SSSR count). The first kappa shape index (κ1) is 7.72. The van der Waals surface area contributed by atoms with Crippen LogP contribution >= 0.6 is 0 Å². The summed E-state index contributed by atoms with van der Waals surface area (Å²) < 4.78 is 0. The van der Waals surface area contributed by atoms with E-state index >= 15 is 0 Å². The molecule has 1 aromatic heterocycles. The predicted molar refractivity (Wildman–Crippen MR) is 41.9 cm³/mol. The van der Waals surface area contributed by atoms with Crippen LogP contribution in [0.2, 0.25) is 0 Å². The number of nitrogens with one attached hydrogen (secondary N) is 1. The molecule has 1 heterocycles. The lowest BCUT2D eigenvalue weighted by Gasteiger charge is -2.08. The van der Waals surface area contributed by atoms with E-state index in [1.165, 1.54) is 0 Å². The van der Waals surface area contributed by atoms with E-state index in [-0.39, 0.29) is 6.04 Å². The number of pyridine rings is 1. The summed E-state index contributed by atoms with van der Waals surface area (Å²) in [5.41, 5.74) is 1.06. The highest BCUT2D eigenvalue weighted by atomic mass is 16.1. The molecule has 0 aliphatic heterocycles. The molecule has 1 aromatic rings. The molecule has 58 valence electrons. The Balaban J connectivity index is 2.68. The SMILES string of the molecule is C[C@@H](NC=O)c1ccncc1. The van der Waals surface area contributed by atoms with Crippen LogP contribution in [-0.4, -0.2) is 11.4 Å². The molecule has 11 heavy (non-hydrogen) atoms. The predicted octanol–water partition coefficient (Wildman–Crippen LogP) is 0.889. The van der Waals surface area contributed by atoms with Gasteiger partial charge in [0.25, 0.3) is 0 Å². The van der Waals surface area contributed by atoms with E-state index in [2.05, 4.69) is 10.3 Å². The summed E-state index contributed by atoms with van der Waals surface area (Å²) in [5.74, 6) is 0. The summed E-state index contributed by atoms with van der Waals surface area (Å²) in [4.78, 5) is 13.9. The first-order valence-corrected chi connectivity index (χ1v) is 3.44. The fourth-order valence-corrected chi connectivity index (χ4v) is 0.850. The number of aromatic nitrogens is 1. The van der Waals surface area contributed by atoms with Gasteiger partial charge in [-0.15, -0.1) is 0 Å². The molecule has 1 N–H and O–H groups in total. The maximum absolute atomic E-state index is 10.1. The van der Waals surface area contributed by atoms with Crippen LogP contribution in [-0.2, 0) is 4.79 Å². The minimum atomic E-state index is 0.0653. The Bertz CT molecular complexity index is 223. The number of hydrogen-bond acceptors (Lipinski definition) is 2. The molecule has 0 aliphatic rings. The molecule has 0 saturated carbocycles.